The van der Waals surface area contributed by atoms with Crippen LogP contribution in [0.1, 0.15) is 22.5 Å². The standard InChI is InChI=1S/C14H12ClN3O2/c15-11-4-5-12(10(9-11)3-1-2-8-19)17-14(20)13-6-7-16-18-13/h4-7,9,19H,2,8H2,(H,16,18)(H,17,20). The Morgan fingerprint density at radius 1 is 1.45 bits per heavy atom. The summed E-state index contributed by atoms with van der Waals surface area (Å²) in [4.78, 5) is 11.9. The maximum Gasteiger partial charge on any atom is 0.273 e. The number of aromatic nitrogens is 2. The highest BCUT2D eigenvalue weighted by Gasteiger charge is 2.09. The third-order valence-corrected chi connectivity index (χ3v) is 2.67. The Hall–Kier alpha value is -2.29. The van der Waals surface area contributed by atoms with Crippen LogP contribution >= 0.6 is 11.6 Å². The van der Waals surface area contributed by atoms with E-state index in [4.69, 9.17) is 16.7 Å². The van der Waals surface area contributed by atoms with E-state index in [9.17, 15) is 4.79 Å². The number of nitrogens with zero attached hydrogens (tertiary/aromatic N) is 1. The van der Waals surface area contributed by atoms with Crippen LogP contribution in [0.2, 0.25) is 5.02 Å². The van der Waals surface area contributed by atoms with Gasteiger partial charge in [0.2, 0.25) is 0 Å². The third kappa shape index (κ3) is 3.60. The first-order valence-electron chi connectivity index (χ1n) is 5.90. The molecule has 0 aliphatic rings. The van der Waals surface area contributed by atoms with Crippen LogP contribution in [0.4, 0.5) is 5.69 Å². The number of carbonyl (C=O) groups is 1. The fourth-order valence-corrected chi connectivity index (χ4v) is 1.69. The molecular formula is C14H12ClN3O2. The van der Waals surface area contributed by atoms with Gasteiger partial charge in [0.15, 0.2) is 0 Å². The Bertz CT molecular complexity index is 657. The molecule has 0 saturated carbocycles. The van der Waals surface area contributed by atoms with Crippen LogP contribution in [-0.4, -0.2) is 27.8 Å². The fraction of sp³-hybridized carbons (Fsp3) is 0.143. The van der Waals surface area contributed by atoms with Crippen LogP contribution in [0.15, 0.2) is 30.5 Å². The van der Waals surface area contributed by atoms with E-state index >= 15 is 0 Å². The number of anilines is 1. The van der Waals surface area contributed by atoms with Gasteiger partial charge in [0, 0.05) is 23.2 Å². The molecule has 0 unspecified atom stereocenters. The van der Waals surface area contributed by atoms with Crippen LogP contribution in [-0.2, 0) is 0 Å². The van der Waals surface area contributed by atoms with E-state index in [2.05, 4.69) is 27.4 Å². The predicted octanol–water partition coefficient (Wildman–Crippen LogP) is 2.05. The summed E-state index contributed by atoms with van der Waals surface area (Å²) >= 11 is 5.92. The minimum atomic E-state index is -0.310. The number of halogens is 1. The molecule has 0 aliphatic heterocycles. The summed E-state index contributed by atoms with van der Waals surface area (Å²) in [6, 6.07) is 6.58. The number of hydrogen-bond acceptors (Lipinski definition) is 3. The molecule has 102 valence electrons. The Labute approximate surface area is 121 Å². The van der Waals surface area contributed by atoms with Gasteiger partial charge in [0.1, 0.15) is 5.69 Å². The van der Waals surface area contributed by atoms with Crippen LogP contribution in [0.25, 0.3) is 0 Å². The van der Waals surface area contributed by atoms with Crippen molar-refractivity contribution >= 4 is 23.2 Å². The van der Waals surface area contributed by atoms with Gasteiger partial charge in [-0.15, -0.1) is 0 Å². The van der Waals surface area contributed by atoms with Crippen molar-refractivity contribution in [3.05, 3.63) is 46.7 Å². The number of amides is 1. The predicted molar refractivity (Wildman–Crippen MR) is 76.6 cm³/mol. The fourth-order valence-electron chi connectivity index (χ4n) is 1.51. The molecule has 6 heteroatoms. The number of benzene rings is 1. The molecule has 0 radical (unpaired) electrons. The highest BCUT2D eigenvalue weighted by atomic mass is 35.5. The van der Waals surface area contributed by atoms with Gasteiger partial charge in [-0.05, 0) is 24.3 Å². The van der Waals surface area contributed by atoms with Gasteiger partial charge in [-0.1, -0.05) is 23.4 Å². The molecule has 2 rings (SSSR count). The van der Waals surface area contributed by atoms with E-state index in [1.165, 1.54) is 6.20 Å². The van der Waals surface area contributed by atoms with E-state index in [0.717, 1.165) is 0 Å². The van der Waals surface area contributed by atoms with E-state index < -0.39 is 0 Å². The van der Waals surface area contributed by atoms with Crippen molar-refractivity contribution in [1.82, 2.24) is 10.2 Å². The monoisotopic (exact) mass is 289 g/mol. The van der Waals surface area contributed by atoms with Gasteiger partial charge in [0.25, 0.3) is 5.91 Å². The smallest absolute Gasteiger partial charge is 0.273 e. The first kappa shape index (κ1) is 14.1. The number of aliphatic hydroxyl groups excluding tert-OH is 1. The van der Waals surface area contributed by atoms with Gasteiger partial charge < -0.3 is 10.4 Å². The molecule has 0 saturated heterocycles. The zero-order chi connectivity index (χ0) is 14.4. The molecule has 5 nitrogen and oxygen atoms in total. The lowest BCUT2D eigenvalue weighted by molar-refractivity contribution is 0.102. The summed E-state index contributed by atoms with van der Waals surface area (Å²) in [6.07, 6.45) is 1.86. The number of nitrogens with one attached hydrogen (secondary N) is 2. The van der Waals surface area contributed by atoms with Crippen molar-refractivity contribution < 1.29 is 9.90 Å². The lowest BCUT2D eigenvalue weighted by atomic mass is 10.1. The highest BCUT2D eigenvalue weighted by Crippen LogP contribution is 2.20. The Morgan fingerprint density at radius 3 is 3.00 bits per heavy atom. The molecule has 1 heterocycles. The number of hydrogen-bond donors (Lipinski definition) is 3. The quantitative estimate of drug-likeness (QED) is 0.757. The van der Waals surface area contributed by atoms with Gasteiger partial charge in [-0.3, -0.25) is 9.89 Å². The second kappa shape index (κ2) is 6.75. The molecule has 20 heavy (non-hydrogen) atoms. The SMILES string of the molecule is O=C(Nc1ccc(Cl)cc1C#CCCO)c1ccn[nH]1. The maximum absolute atomic E-state index is 11.9. The summed E-state index contributed by atoms with van der Waals surface area (Å²) < 4.78 is 0. The molecule has 0 spiro atoms. The summed E-state index contributed by atoms with van der Waals surface area (Å²) in [5, 5.41) is 18.3. The number of H-pyrrole nitrogens is 1. The Kier molecular flexibility index (Phi) is 4.77. The van der Waals surface area contributed by atoms with Crippen molar-refractivity contribution in [2.24, 2.45) is 0 Å². The van der Waals surface area contributed by atoms with Gasteiger partial charge in [-0.25, -0.2) is 0 Å². The first-order chi connectivity index (χ1) is 9.70. The van der Waals surface area contributed by atoms with Crippen LogP contribution < -0.4 is 5.32 Å². The number of aliphatic hydroxyl groups is 1. The molecule has 1 aromatic carbocycles. The van der Waals surface area contributed by atoms with Gasteiger partial charge in [0.05, 0.1) is 12.3 Å². The Morgan fingerprint density at radius 2 is 2.30 bits per heavy atom. The van der Waals surface area contributed by atoms with Crippen LogP contribution in [0.3, 0.4) is 0 Å². The summed E-state index contributed by atoms with van der Waals surface area (Å²) in [5.74, 6) is 5.36. The van der Waals surface area contributed by atoms with Crippen LogP contribution in [0.5, 0.6) is 0 Å². The van der Waals surface area contributed by atoms with E-state index in [1.54, 1.807) is 24.3 Å². The minimum absolute atomic E-state index is 0.0105. The van der Waals surface area contributed by atoms with E-state index in [1.807, 2.05) is 0 Å². The molecule has 2 aromatic rings. The molecule has 1 amide bonds. The molecule has 0 atom stereocenters. The van der Waals surface area contributed by atoms with Crippen molar-refractivity contribution in [2.75, 3.05) is 11.9 Å². The lowest BCUT2D eigenvalue weighted by Crippen LogP contribution is -2.13. The van der Waals surface area contributed by atoms with E-state index in [-0.39, 0.29) is 12.5 Å². The Balaban J connectivity index is 2.23. The molecule has 1 aromatic heterocycles. The van der Waals surface area contributed by atoms with Gasteiger partial charge >= 0.3 is 0 Å². The molecular weight excluding hydrogens is 278 g/mol. The average Bonchev–Trinajstić information content (AvgIpc) is 2.96. The normalized spacial score (nSPS) is 9.70. The summed E-state index contributed by atoms with van der Waals surface area (Å²) in [7, 11) is 0. The lowest BCUT2D eigenvalue weighted by Gasteiger charge is -2.06. The molecule has 3 N–H and O–H groups in total. The largest absolute Gasteiger partial charge is 0.395 e. The number of aromatic amines is 1. The number of carbonyl (C=O) groups excluding carboxylic acids is 1. The first-order valence-corrected chi connectivity index (χ1v) is 6.28. The van der Waals surface area contributed by atoms with Crippen molar-refractivity contribution in [3.8, 4) is 11.8 Å². The average molecular weight is 290 g/mol. The third-order valence-electron chi connectivity index (χ3n) is 2.44. The minimum Gasteiger partial charge on any atom is -0.395 e. The van der Waals surface area contributed by atoms with Crippen molar-refractivity contribution in [3.63, 3.8) is 0 Å². The van der Waals surface area contributed by atoms with Gasteiger partial charge in [-0.2, -0.15) is 5.10 Å². The maximum atomic E-state index is 11.9. The van der Waals surface area contributed by atoms with E-state index in [0.29, 0.717) is 28.4 Å². The zero-order valence-corrected chi connectivity index (χ0v) is 11.2. The number of rotatable bonds is 3. The molecule has 0 aliphatic carbocycles. The molecule has 0 bridgehead atoms. The summed E-state index contributed by atoms with van der Waals surface area (Å²) in [6.45, 7) is -0.0105. The van der Waals surface area contributed by atoms with Crippen molar-refractivity contribution in [1.29, 1.82) is 0 Å². The zero-order valence-electron chi connectivity index (χ0n) is 10.5. The second-order valence-electron chi connectivity index (χ2n) is 3.89. The topological polar surface area (TPSA) is 78.0 Å². The highest BCUT2D eigenvalue weighted by molar-refractivity contribution is 6.30. The van der Waals surface area contributed by atoms with Crippen molar-refractivity contribution in [2.45, 2.75) is 6.42 Å². The van der Waals surface area contributed by atoms with Crippen LogP contribution in [0, 0.1) is 11.8 Å². The second-order valence-corrected chi connectivity index (χ2v) is 4.33. The summed E-state index contributed by atoms with van der Waals surface area (Å²) in [5.41, 5.74) is 1.51. The molecule has 0 fully saturated rings.